The molecule has 0 unspecified atom stereocenters. The van der Waals surface area contributed by atoms with Crippen LogP contribution in [0.4, 0.5) is 5.13 Å². The van der Waals surface area contributed by atoms with Crippen molar-refractivity contribution in [2.24, 2.45) is 0 Å². The highest BCUT2D eigenvalue weighted by atomic mass is 79.9. The van der Waals surface area contributed by atoms with E-state index in [1.807, 2.05) is 36.4 Å². The quantitative estimate of drug-likeness (QED) is 0.608. The number of rotatable bonds is 3. The predicted molar refractivity (Wildman–Crippen MR) is 96.4 cm³/mol. The number of halogens is 2. The Balaban J connectivity index is 1.71. The molecule has 1 heterocycles. The van der Waals surface area contributed by atoms with Crippen LogP contribution in [-0.4, -0.2) is 10.9 Å². The minimum atomic E-state index is -0.215. The first kappa shape index (κ1) is 15.2. The van der Waals surface area contributed by atoms with Crippen molar-refractivity contribution in [1.82, 2.24) is 4.98 Å². The highest BCUT2D eigenvalue weighted by Crippen LogP contribution is 2.28. The number of amides is 1. The average molecular weight is 394 g/mol. The van der Waals surface area contributed by atoms with E-state index in [0.717, 1.165) is 20.3 Å². The van der Waals surface area contributed by atoms with Gasteiger partial charge in [-0.15, -0.1) is 0 Å². The fourth-order valence-electron chi connectivity index (χ4n) is 1.84. The Morgan fingerprint density at radius 3 is 2.77 bits per heavy atom. The lowest BCUT2D eigenvalue weighted by Gasteiger charge is -1.96. The zero-order valence-corrected chi connectivity index (χ0v) is 14.4. The van der Waals surface area contributed by atoms with Crippen LogP contribution in [0.5, 0.6) is 0 Å². The van der Waals surface area contributed by atoms with Gasteiger partial charge in [-0.2, -0.15) is 0 Å². The first-order valence-electron chi connectivity index (χ1n) is 6.41. The lowest BCUT2D eigenvalue weighted by atomic mass is 10.2. The van der Waals surface area contributed by atoms with Gasteiger partial charge in [0.1, 0.15) is 0 Å². The van der Waals surface area contributed by atoms with E-state index in [4.69, 9.17) is 11.6 Å². The van der Waals surface area contributed by atoms with Crippen molar-refractivity contribution in [1.29, 1.82) is 0 Å². The summed E-state index contributed by atoms with van der Waals surface area (Å²) >= 11 is 10.7. The molecule has 0 spiro atoms. The van der Waals surface area contributed by atoms with Gasteiger partial charge in [0, 0.05) is 15.6 Å². The summed E-state index contributed by atoms with van der Waals surface area (Å²) in [6, 6.07) is 13.1. The first-order valence-corrected chi connectivity index (χ1v) is 8.40. The van der Waals surface area contributed by atoms with E-state index in [9.17, 15) is 4.79 Å². The Kier molecular flexibility index (Phi) is 4.57. The molecule has 0 aliphatic carbocycles. The third-order valence-electron chi connectivity index (χ3n) is 2.88. The van der Waals surface area contributed by atoms with Gasteiger partial charge < -0.3 is 0 Å². The van der Waals surface area contributed by atoms with E-state index in [0.29, 0.717) is 10.2 Å². The molecule has 3 aromatic rings. The maximum Gasteiger partial charge on any atom is 0.250 e. The van der Waals surface area contributed by atoms with Gasteiger partial charge in [0.25, 0.3) is 0 Å². The number of nitrogens with one attached hydrogen (secondary N) is 1. The molecule has 0 fully saturated rings. The second kappa shape index (κ2) is 6.60. The maximum absolute atomic E-state index is 11.9. The smallest absolute Gasteiger partial charge is 0.250 e. The minimum absolute atomic E-state index is 0.215. The van der Waals surface area contributed by atoms with E-state index in [2.05, 4.69) is 26.2 Å². The van der Waals surface area contributed by atoms with Gasteiger partial charge in [0.15, 0.2) is 5.13 Å². The standard InChI is InChI=1S/C16H10BrClN2OS/c17-11-4-1-10(2-5-11)3-8-15(21)20-16-19-13-7-6-12(18)9-14(13)22-16/h1-9H,(H,19,20,21)/b8-3+. The highest BCUT2D eigenvalue weighted by molar-refractivity contribution is 9.10. The van der Waals surface area contributed by atoms with Gasteiger partial charge in [0.2, 0.25) is 5.91 Å². The number of anilines is 1. The molecule has 0 aliphatic rings. The predicted octanol–water partition coefficient (Wildman–Crippen LogP) is 5.36. The first-order chi connectivity index (χ1) is 10.6. The molecular weight excluding hydrogens is 384 g/mol. The molecule has 110 valence electrons. The summed E-state index contributed by atoms with van der Waals surface area (Å²) in [6.07, 6.45) is 3.24. The van der Waals surface area contributed by atoms with Crippen molar-refractivity contribution < 1.29 is 4.79 Å². The topological polar surface area (TPSA) is 42.0 Å². The monoisotopic (exact) mass is 392 g/mol. The number of hydrogen-bond donors (Lipinski definition) is 1. The summed E-state index contributed by atoms with van der Waals surface area (Å²) in [5.74, 6) is -0.215. The summed E-state index contributed by atoms with van der Waals surface area (Å²) < 4.78 is 1.95. The van der Waals surface area contributed by atoms with Crippen LogP contribution in [0.15, 0.2) is 53.0 Å². The van der Waals surface area contributed by atoms with Crippen LogP contribution in [-0.2, 0) is 4.79 Å². The average Bonchev–Trinajstić information content (AvgIpc) is 2.88. The summed E-state index contributed by atoms with van der Waals surface area (Å²) in [5.41, 5.74) is 1.77. The molecule has 0 saturated heterocycles. The van der Waals surface area contributed by atoms with E-state index in [-0.39, 0.29) is 5.91 Å². The molecule has 0 saturated carbocycles. The zero-order valence-electron chi connectivity index (χ0n) is 11.2. The van der Waals surface area contributed by atoms with Gasteiger partial charge in [-0.1, -0.05) is 51.0 Å². The summed E-state index contributed by atoms with van der Waals surface area (Å²) in [7, 11) is 0. The molecular formula is C16H10BrClN2OS. The molecule has 3 nitrogen and oxygen atoms in total. The van der Waals surface area contributed by atoms with Crippen LogP contribution in [0, 0.1) is 0 Å². The summed E-state index contributed by atoms with van der Waals surface area (Å²) in [6.45, 7) is 0. The van der Waals surface area contributed by atoms with Crippen molar-refractivity contribution >= 4 is 66.2 Å². The Labute approximate surface area is 144 Å². The van der Waals surface area contributed by atoms with Crippen molar-refractivity contribution in [3.05, 3.63) is 63.6 Å². The van der Waals surface area contributed by atoms with Crippen LogP contribution in [0.3, 0.4) is 0 Å². The van der Waals surface area contributed by atoms with Crippen molar-refractivity contribution in [2.45, 2.75) is 0 Å². The summed E-state index contributed by atoms with van der Waals surface area (Å²) in [4.78, 5) is 16.3. The Morgan fingerprint density at radius 1 is 1.23 bits per heavy atom. The molecule has 0 bridgehead atoms. The van der Waals surface area contributed by atoms with E-state index >= 15 is 0 Å². The SMILES string of the molecule is O=C(/C=C/c1ccc(Br)cc1)Nc1nc2ccc(Cl)cc2s1. The van der Waals surface area contributed by atoms with Crippen LogP contribution in [0.1, 0.15) is 5.56 Å². The van der Waals surface area contributed by atoms with Crippen molar-refractivity contribution in [3.8, 4) is 0 Å². The molecule has 3 rings (SSSR count). The summed E-state index contributed by atoms with van der Waals surface area (Å²) in [5, 5.41) is 3.98. The Hall–Kier alpha value is -1.69. The second-order valence-corrected chi connectivity index (χ2v) is 6.89. The number of fused-ring (bicyclic) bond motifs is 1. The second-order valence-electron chi connectivity index (χ2n) is 4.51. The third-order valence-corrected chi connectivity index (χ3v) is 4.58. The number of aromatic nitrogens is 1. The molecule has 22 heavy (non-hydrogen) atoms. The van der Waals surface area contributed by atoms with Gasteiger partial charge in [-0.05, 0) is 42.0 Å². The van der Waals surface area contributed by atoms with E-state index in [1.165, 1.54) is 17.4 Å². The van der Waals surface area contributed by atoms with Crippen LogP contribution in [0.2, 0.25) is 5.02 Å². The van der Waals surface area contributed by atoms with Crippen LogP contribution < -0.4 is 5.32 Å². The maximum atomic E-state index is 11.9. The van der Waals surface area contributed by atoms with E-state index < -0.39 is 0 Å². The number of benzene rings is 2. The highest BCUT2D eigenvalue weighted by Gasteiger charge is 2.06. The van der Waals surface area contributed by atoms with Gasteiger partial charge in [-0.25, -0.2) is 4.98 Å². The fourth-order valence-corrected chi connectivity index (χ4v) is 3.25. The molecule has 1 amide bonds. The van der Waals surface area contributed by atoms with Crippen molar-refractivity contribution in [2.75, 3.05) is 5.32 Å². The third kappa shape index (κ3) is 3.74. The molecule has 1 N–H and O–H groups in total. The van der Waals surface area contributed by atoms with Crippen molar-refractivity contribution in [3.63, 3.8) is 0 Å². The Bertz CT molecular complexity index is 858. The van der Waals surface area contributed by atoms with Gasteiger partial charge >= 0.3 is 0 Å². The lowest BCUT2D eigenvalue weighted by molar-refractivity contribution is -0.111. The van der Waals surface area contributed by atoms with E-state index in [1.54, 1.807) is 12.1 Å². The lowest BCUT2D eigenvalue weighted by Crippen LogP contribution is -2.07. The minimum Gasteiger partial charge on any atom is -0.298 e. The Morgan fingerprint density at radius 2 is 2.00 bits per heavy atom. The largest absolute Gasteiger partial charge is 0.298 e. The van der Waals surface area contributed by atoms with Gasteiger partial charge in [0.05, 0.1) is 10.2 Å². The number of nitrogens with zero attached hydrogens (tertiary/aromatic N) is 1. The van der Waals surface area contributed by atoms with Crippen LogP contribution >= 0.6 is 38.9 Å². The molecule has 1 aromatic heterocycles. The number of hydrogen-bond acceptors (Lipinski definition) is 3. The number of carbonyl (C=O) groups excluding carboxylic acids is 1. The molecule has 0 atom stereocenters. The number of thiazole rings is 1. The fraction of sp³-hybridized carbons (Fsp3) is 0. The van der Waals surface area contributed by atoms with Crippen LogP contribution in [0.25, 0.3) is 16.3 Å². The van der Waals surface area contributed by atoms with Gasteiger partial charge in [-0.3, -0.25) is 10.1 Å². The number of carbonyl (C=O) groups is 1. The molecule has 6 heteroatoms. The molecule has 2 aromatic carbocycles. The zero-order chi connectivity index (χ0) is 15.5. The normalized spacial score (nSPS) is 11.2. The molecule has 0 radical (unpaired) electrons. The molecule has 0 aliphatic heterocycles.